The Bertz CT molecular complexity index is 495. The molecule has 21 heavy (non-hydrogen) atoms. The van der Waals surface area contributed by atoms with Crippen LogP contribution in [0.3, 0.4) is 0 Å². The zero-order valence-electron chi connectivity index (χ0n) is 12.0. The zero-order chi connectivity index (χ0) is 15.2. The number of carbonyl (C=O) groups is 2. The first-order chi connectivity index (χ1) is 10.1. The normalized spacial score (nSPS) is 17.6. The molecule has 1 heterocycles. The van der Waals surface area contributed by atoms with Gasteiger partial charge in [-0.3, -0.25) is 4.79 Å². The predicted octanol–water partition coefficient (Wildman–Crippen LogP) is 2.09. The van der Waals surface area contributed by atoms with Crippen LogP contribution in [0.4, 0.5) is 4.79 Å². The van der Waals surface area contributed by atoms with E-state index in [4.69, 9.17) is 16.3 Å². The fourth-order valence-electron chi connectivity index (χ4n) is 2.34. The molecule has 0 aliphatic carbocycles. The van der Waals surface area contributed by atoms with Crippen LogP contribution in [0, 0.1) is 0 Å². The van der Waals surface area contributed by atoms with Crippen LogP contribution in [0.5, 0.6) is 0 Å². The number of hydrogen-bond donors (Lipinski definition) is 0. The fourth-order valence-corrected chi connectivity index (χ4v) is 2.51. The molecule has 1 atom stereocenters. The maximum Gasteiger partial charge on any atom is 0.410 e. The number of benzene rings is 1. The van der Waals surface area contributed by atoms with Crippen LogP contribution in [0.2, 0.25) is 0 Å². The van der Waals surface area contributed by atoms with E-state index in [1.54, 1.807) is 16.8 Å². The smallest absolute Gasteiger partial charge is 0.410 e. The highest BCUT2D eigenvalue weighted by Crippen LogP contribution is 2.16. The average Bonchev–Trinajstić information content (AvgIpc) is 3.02. The number of hydrogen-bond acceptors (Lipinski definition) is 3. The summed E-state index contributed by atoms with van der Waals surface area (Å²) in [6.45, 7) is 1.40. The summed E-state index contributed by atoms with van der Waals surface area (Å²) in [5, 5.41) is 0. The van der Waals surface area contributed by atoms with Gasteiger partial charge in [0.15, 0.2) is 0 Å². The second-order valence-electron chi connectivity index (χ2n) is 5.07. The lowest BCUT2D eigenvalue weighted by Gasteiger charge is -2.24. The van der Waals surface area contributed by atoms with Gasteiger partial charge in [0.2, 0.25) is 5.91 Å². The van der Waals surface area contributed by atoms with Gasteiger partial charge in [-0.15, -0.1) is 11.6 Å². The van der Waals surface area contributed by atoms with Gasteiger partial charge in [0, 0.05) is 20.1 Å². The number of rotatable bonds is 4. The number of likely N-dealkylation sites (N-methyl/N-ethyl adjacent to an activating group) is 1. The van der Waals surface area contributed by atoms with Gasteiger partial charge >= 0.3 is 6.09 Å². The number of carbonyl (C=O) groups excluding carboxylic acids is 2. The first-order valence-electron chi connectivity index (χ1n) is 6.89. The van der Waals surface area contributed by atoms with Crippen LogP contribution in [0.25, 0.3) is 0 Å². The van der Waals surface area contributed by atoms with Gasteiger partial charge in [0.05, 0.1) is 6.04 Å². The minimum absolute atomic E-state index is 0.0135. The molecule has 5 nitrogen and oxygen atoms in total. The molecule has 1 aliphatic rings. The molecule has 0 aromatic heterocycles. The Kier molecular flexibility index (Phi) is 5.44. The van der Waals surface area contributed by atoms with Crippen molar-refractivity contribution in [2.75, 3.05) is 26.0 Å². The van der Waals surface area contributed by atoms with Crippen molar-refractivity contribution >= 4 is 23.6 Å². The Morgan fingerprint density at radius 3 is 2.76 bits per heavy atom. The van der Waals surface area contributed by atoms with Gasteiger partial charge in [-0.25, -0.2) is 4.79 Å². The van der Waals surface area contributed by atoms with Gasteiger partial charge < -0.3 is 14.5 Å². The van der Waals surface area contributed by atoms with E-state index in [-0.39, 0.29) is 30.5 Å². The summed E-state index contributed by atoms with van der Waals surface area (Å²) in [7, 11) is 1.70. The monoisotopic (exact) mass is 310 g/mol. The number of amides is 2. The molecule has 114 valence electrons. The number of alkyl halides is 1. The summed E-state index contributed by atoms with van der Waals surface area (Å²) in [4.78, 5) is 26.8. The summed E-state index contributed by atoms with van der Waals surface area (Å²) < 4.78 is 5.28. The summed E-state index contributed by atoms with van der Waals surface area (Å²) in [5.41, 5.74) is 0.949. The van der Waals surface area contributed by atoms with Crippen molar-refractivity contribution in [3.63, 3.8) is 0 Å². The molecule has 1 aromatic rings. The Morgan fingerprint density at radius 1 is 1.38 bits per heavy atom. The maximum absolute atomic E-state index is 12.0. The molecular formula is C15H19ClN2O3. The summed E-state index contributed by atoms with van der Waals surface area (Å²) >= 11 is 5.54. The van der Waals surface area contributed by atoms with E-state index < -0.39 is 0 Å². The molecule has 0 bridgehead atoms. The second kappa shape index (κ2) is 7.31. The fraction of sp³-hybridized carbons (Fsp3) is 0.467. The van der Waals surface area contributed by atoms with Crippen LogP contribution in [0.15, 0.2) is 30.3 Å². The topological polar surface area (TPSA) is 49.9 Å². The van der Waals surface area contributed by atoms with Crippen molar-refractivity contribution in [3.05, 3.63) is 35.9 Å². The second-order valence-corrected chi connectivity index (χ2v) is 5.33. The first-order valence-corrected chi connectivity index (χ1v) is 7.42. The highest BCUT2D eigenvalue weighted by atomic mass is 35.5. The van der Waals surface area contributed by atoms with Crippen molar-refractivity contribution in [2.24, 2.45) is 0 Å². The van der Waals surface area contributed by atoms with Gasteiger partial charge in [-0.2, -0.15) is 0 Å². The minimum Gasteiger partial charge on any atom is -0.445 e. The van der Waals surface area contributed by atoms with Crippen LogP contribution in [-0.2, 0) is 16.1 Å². The van der Waals surface area contributed by atoms with Crippen molar-refractivity contribution < 1.29 is 14.3 Å². The molecule has 0 saturated carbocycles. The number of ether oxygens (including phenoxy) is 1. The third-order valence-corrected chi connectivity index (χ3v) is 3.90. The molecule has 0 unspecified atom stereocenters. The third-order valence-electron chi connectivity index (χ3n) is 3.67. The molecule has 2 amide bonds. The standard InChI is InChI=1S/C15H19ClN2O3/c1-17(13-7-8-18(10-13)14(19)9-16)15(20)21-11-12-5-3-2-4-6-12/h2-6,13H,7-11H2,1H3/t13-/m0/s1. The van der Waals surface area contributed by atoms with E-state index in [1.165, 1.54) is 0 Å². The van der Waals surface area contributed by atoms with Crippen LogP contribution in [0.1, 0.15) is 12.0 Å². The Hall–Kier alpha value is -1.75. The Balaban J connectivity index is 1.81. The molecule has 0 N–H and O–H groups in total. The van der Waals surface area contributed by atoms with Crippen LogP contribution in [-0.4, -0.2) is 53.9 Å². The minimum atomic E-state index is -0.371. The quantitative estimate of drug-likeness (QED) is 0.800. The van der Waals surface area contributed by atoms with Crippen molar-refractivity contribution in [2.45, 2.75) is 19.1 Å². The summed E-state index contributed by atoms with van der Waals surface area (Å²) in [6.07, 6.45) is 0.378. The van der Waals surface area contributed by atoms with Crippen molar-refractivity contribution in [1.82, 2.24) is 9.80 Å². The molecule has 1 fully saturated rings. The highest BCUT2D eigenvalue weighted by Gasteiger charge is 2.31. The van der Waals surface area contributed by atoms with Gasteiger partial charge in [0.25, 0.3) is 0 Å². The lowest BCUT2D eigenvalue weighted by molar-refractivity contribution is -0.127. The largest absolute Gasteiger partial charge is 0.445 e. The predicted molar refractivity (Wildman–Crippen MR) is 80.1 cm³/mol. The number of halogens is 1. The molecule has 6 heteroatoms. The maximum atomic E-state index is 12.0. The van der Waals surface area contributed by atoms with Crippen LogP contribution >= 0.6 is 11.6 Å². The first kappa shape index (κ1) is 15.6. The van der Waals surface area contributed by atoms with E-state index in [2.05, 4.69) is 0 Å². The van der Waals surface area contributed by atoms with Gasteiger partial charge in [0.1, 0.15) is 12.5 Å². The molecule has 0 radical (unpaired) electrons. The third kappa shape index (κ3) is 4.11. The Morgan fingerprint density at radius 2 is 2.10 bits per heavy atom. The van der Waals surface area contributed by atoms with E-state index in [0.717, 1.165) is 12.0 Å². The SMILES string of the molecule is CN(C(=O)OCc1ccccc1)[C@H]1CCN(C(=O)CCl)C1. The molecule has 1 saturated heterocycles. The molecular weight excluding hydrogens is 292 g/mol. The number of likely N-dealkylation sites (tertiary alicyclic amines) is 1. The van der Waals surface area contributed by atoms with E-state index in [1.807, 2.05) is 30.3 Å². The molecule has 2 rings (SSSR count). The molecule has 1 aromatic carbocycles. The van der Waals surface area contributed by atoms with E-state index in [0.29, 0.717) is 13.1 Å². The molecule has 0 spiro atoms. The van der Waals surface area contributed by atoms with E-state index >= 15 is 0 Å². The van der Waals surface area contributed by atoms with Gasteiger partial charge in [-0.1, -0.05) is 30.3 Å². The zero-order valence-corrected chi connectivity index (χ0v) is 12.8. The van der Waals surface area contributed by atoms with E-state index in [9.17, 15) is 9.59 Å². The molecule has 1 aliphatic heterocycles. The highest BCUT2D eigenvalue weighted by molar-refractivity contribution is 6.27. The van der Waals surface area contributed by atoms with Gasteiger partial charge in [-0.05, 0) is 12.0 Å². The average molecular weight is 311 g/mol. The van der Waals surface area contributed by atoms with Crippen LogP contribution < -0.4 is 0 Å². The Labute approximate surface area is 129 Å². The lowest BCUT2D eigenvalue weighted by Crippen LogP contribution is -2.40. The lowest BCUT2D eigenvalue weighted by atomic mass is 10.2. The summed E-state index contributed by atoms with van der Waals surface area (Å²) in [6, 6.07) is 9.52. The van der Waals surface area contributed by atoms with Crippen molar-refractivity contribution in [1.29, 1.82) is 0 Å². The van der Waals surface area contributed by atoms with Crippen molar-refractivity contribution in [3.8, 4) is 0 Å². The number of nitrogens with zero attached hydrogens (tertiary/aromatic N) is 2. The summed E-state index contributed by atoms with van der Waals surface area (Å²) in [5.74, 6) is -0.111.